The summed E-state index contributed by atoms with van der Waals surface area (Å²) in [5, 5.41) is 2.80. The third-order valence-corrected chi connectivity index (χ3v) is 2.54. The van der Waals surface area contributed by atoms with Crippen LogP contribution in [0, 0.1) is 11.8 Å². The summed E-state index contributed by atoms with van der Waals surface area (Å²) in [5.41, 5.74) is 5.99. The van der Waals surface area contributed by atoms with E-state index in [9.17, 15) is 4.79 Å². The van der Waals surface area contributed by atoms with Crippen LogP contribution in [0.3, 0.4) is 0 Å². The molecule has 0 saturated carbocycles. The van der Waals surface area contributed by atoms with E-state index >= 15 is 0 Å². The van der Waals surface area contributed by atoms with Gasteiger partial charge in [0.25, 0.3) is 5.91 Å². The van der Waals surface area contributed by atoms with Crippen LogP contribution in [0.2, 0.25) is 0 Å². The number of aromatic nitrogens is 1. The summed E-state index contributed by atoms with van der Waals surface area (Å²) in [5.74, 6) is 5.36. The van der Waals surface area contributed by atoms with Crippen LogP contribution in [0.25, 0.3) is 0 Å². The van der Waals surface area contributed by atoms with Crippen molar-refractivity contribution in [2.75, 3.05) is 19.7 Å². The minimum absolute atomic E-state index is 0.226. The van der Waals surface area contributed by atoms with E-state index in [1.807, 2.05) is 20.8 Å². The first kappa shape index (κ1) is 16.2. The van der Waals surface area contributed by atoms with E-state index in [0.29, 0.717) is 25.4 Å². The van der Waals surface area contributed by atoms with Crippen LogP contribution < -0.4 is 11.1 Å². The van der Waals surface area contributed by atoms with Gasteiger partial charge in [-0.3, -0.25) is 4.79 Å². The number of pyridine rings is 1. The van der Waals surface area contributed by atoms with Gasteiger partial charge in [-0.05, 0) is 32.9 Å². The summed E-state index contributed by atoms with van der Waals surface area (Å²) in [4.78, 5) is 16.0. The predicted octanol–water partition coefficient (Wildman–Crippen LogP) is 0.937. The van der Waals surface area contributed by atoms with E-state index in [1.165, 1.54) is 0 Å². The lowest BCUT2D eigenvalue weighted by Crippen LogP contribution is -2.40. The Bertz CT molecular complexity index is 498. The van der Waals surface area contributed by atoms with E-state index in [2.05, 4.69) is 22.1 Å². The lowest BCUT2D eigenvalue weighted by molar-refractivity contribution is -0.00818. The second-order valence-electron chi connectivity index (χ2n) is 4.81. The highest BCUT2D eigenvalue weighted by molar-refractivity contribution is 5.92. The van der Waals surface area contributed by atoms with Crippen molar-refractivity contribution in [3.8, 4) is 11.8 Å². The Morgan fingerprint density at radius 2 is 2.25 bits per heavy atom. The second kappa shape index (κ2) is 7.63. The number of nitrogens with two attached hydrogens (primary N) is 1. The molecule has 20 heavy (non-hydrogen) atoms. The Hall–Kier alpha value is -1.90. The molecule has 0 atom stereocenters. The van der Waals surface area contributed by atoms with Crippen molar-refractivity contribution in [1.29, 1.82) is 0 Å². The van der Waals surface area contributed by atoms with Gasteiger partial charge in [0.2, 0.25) is 0 Å². The van der Waals surface area contributed by atoms with Crippen LogP contribution in [0.5, 0.6) is 0 Å². The molecule has 0 aliphatic carbocycles. The molecule has 0 aliphatic heterocycles. The van der Waals surface area contributed by atoms with Crippen molar-refractivity contribution in [3.63, 3.8) is 0 Å². The summed E-state index contributed by atoms with van der Waals surface area (Å²) in [6.45, 7) is 7.11. The van der Waals surface area contributed by atoms with E-state index in [1.54, 1.807) is 18.3 Å². The van der Waals surface area contributed by atoms with E-state index in [0.717, 1.165) is 5.56 Å². The summed E-state index contributed by atoms with van der Waals surface area (Å²) < 4.78 is 5.51. The Morgan fingerprint density at radius 3 is 2.80 bits per heavy atom. The van der Waals surface area contributed by atoms with Gasteiger partial charge in [0.05, 0.1) is 12.1 Å². The van der Waals surface area contributed by atoms with Crippen molar-refractivity contribution in [3.05, 3.63) is 29.6 Å². The normalized spacial score (nSPS) is 10.6. The van der Waals surface area contributed by atoms with Crippen LogP contribution in [0.15, 0.2) is 18.3 Å². The molecule has 0 bridgehead atoms. The molecule has 5 nitrogen and oxygen atoms in total. The molecular formula is C15H21N3O2. The average Bonchev–Trinajstić information content (AvgIpc) is 2.43. The standard InChI is InChI=1S/C15H21N3O2/c1-4-20-15(2,3)11-18-14(19)13-8-7-12(10-17-13)6-5-9-16/h7-8,10H,4,9,11,16H2,1-3H3,(H,18,19). The van der Waals surface area contributed by atoms with Gasteiger partial charge in [-0.15, -0.1) is 0 Å². The van der Waals surface area contributed by atoms with Crippen molar-refractivity contribution >= 4 is 5.91 Å². The van der Waals surface area contributed by atoms with Crippen LogP contribution in [-0.4, -0.2) is 36.2 Å². The maximum atomic E-state index is 11.9. The molecule has 0 radical (unpaired) electrons. The first-order valence-corrected chi connectivity index (χ1v) is 6.55. The quantitative estimate of drug-likeness (QED) is 0.784. The first-order chi connectivity index (χ1) is 9.48. The highest BCUT2D eigenvalue weighted by atomic mass is 16.5. The average molecular weight is 275 g/mol. The maximum absolute atomic E-state index is 11.9. The molecule has 0 fully saturated rings. The molecule has 1 amide bonds. The highest BCUT2D eigenvalue weighted by Crippen LogP contribution is 2.07. The van der Waals surface area contributed by atoms with Crippen LogP contribution >= 0.6 is 0 Å². The Morgan fingerprint density at radius 1 is 1.50 bits per heavy atom. The van der Waals surface area contributed by atoms with E-state index in [4.69, 9.17) is 10.5 Å². The maximum Gasteiger partial charge on any atom is 0.269 e. The van der Waals surface area contributed by atoms with Crippen molar-refractivity contribution in [2.24, 2.45) is 5.73 Å². The lowest BCUT2D eigenvalue weighted by Gasteiger charge is -2.24. The van der Waals surface area contributed by atoms with Gasteiger partial charge in [0.1, 0.15) is 5.69 Å². The molecule has 108 valence electrons. The smallest absolute Gasteiger partial charge is 0.269 e. The minimum atomic E-state index is -0.392. The zero-order valence-corrected chi connectivity index (χ0v) is 12.2. The molecule has 1 aromatic heterocycles. The molecule has 0 spiro atoms. The number of hydrogen-bond donors (Lipinski definition) is 2. The Balaban J connectivity index is 2.60. The molecule has 1 aromatic rings. The highest BCUT2D eigenvalue weighted by Gasteiger charge is 2.19. The molecule has 3 N–H and O–H groups in total. The SMILES string of the molecule is CCOC(C)(C)CNC(=O)c1ccc(C#CCN)cn1. The molecule has 0 aliphatic rings. The van der Waals surface area contributed by atoms with Crippen molar-refractivity contribution in [1.82, 2.24) is 10.3 Å². The largest absolute Gasteiger partial charge is 0.374 e. The number of hydrogen-bond acceptors (Lipinski definition) is 4. The van der Waals surface area contributed by atoms with Crippen molar-refractivity contribution < 1.29 is 9.53 Å². The minimum Gasteiger partial charge on any atom is -0.374 e. The zero-order chi connectivity index (χ0) is 15.0. The predicted molar refractivity (Wildman–Crippen MR) is 78.2 cm³/mol. The Kier molecular flexibility index (Phi) is 6.16. The van der Waals surface area contributed by atoms with Crippen LogP contribution in [0.4, 0.5) is 0 Å². The summed E-state index contributed by atoms with van der Waals surface area (Å²) in [6.07, 6.45) is 1.56. The molecule has 5 heteroatoms. The van der Waals surface area contributed by atoms with E-state index < -0.39 is 5.60 Å². The van der Waals surface area contributed by atoms with Gasteiger partial charge in [-0.2, -0.15) is 0 Å². The molecule has 0 aromatic carbocycles. The molecule has 1 rings (SSSR count). The number of nitrogens with one attached hydrogen (secondary N) is 1. The molecule has 0 saturated heterocycles. The fraction of sp³-hybridized carbons (Fsp3) is 0.467. The fourth-order valence-corrected chi connectivity index (χ4v) is 1.58. The van der Waals surface area contributed by atoms with Gasteiger partial charge in [-0.25, -0.2) is 4.98 Å². The third kappa shape index (κ3) is 5.39. The van der Waals surface area contributed by atoms with Gasteiger partial charge in [0.15, 0.2) is 0 Å². The summed E-state index contributed by atoms with van der Waals surface area (Å²) in [7, 11) is 0. The zero-order valence-electron chi connectivity index (χ0n) is 12.2. The Labute approximate surface area is 119 Å². The number of amides is 1. The first-order valence-electron chi connectivity index (χ1n) is 6.55. The fourth-order valence-electron chi connectivity index (χ4n) is 1.58. The number of rotatable bonds is 5. The van der Waals surface area contributed by atoms with Gasteiger partial charge >= 0.3 is 0 Å². The number of carbonyl (C=O) groups is 1. The topological polar surface area (TPSA) is 77.2 Å². The second-order valence-corrected chi connectivity index (χ2v) is 4.81. The van der Waals surface area contributed by atoms with Crippen LogP contribution in [-0.2, 0) is 4.74 Å². The number of ether oxygens (including phenoxy) is 1. The van der Waals surface area contributed by atoms with Gasteiger partial charge < -0.3 is 15.8 Å². The third-order valence-electron chi connectivity index (χ3n) is 2.54. The van der Waals surface area contributed by atoms with Gasteiger partial charge in [-0.1, -0.05) is 11.8 Å². The molecule has 1 heterocycles. The van der Waals surface area contributed by atoms with Crippen molar-refractivity contribution in [2.45, 2.75) is 26.4 Å². The number of carbonyl (C=O) groups excluding carboxylic acids is 1. The number of nitrogens with zero attached hydrogens (tertiary/aromatic N) is 1. The monoisotopic (exact) mass is 275 g/mol. The molecule has 0 unspecified atom stereocenters. The van der Waals surface area contributed by atoms with Crippen LogP contribution in [0.1, 0.15) is 36.8 Å². The summed E-state index contributed by atoms with van der Waals surface area (Å²) >= 11 is 0. The molecular weight excluding hydrogens is 254 g/mol. The summed E-state index contributed by atoms with van der Waals surface area (Å²) in [6, 6.07) is 3.39. The van der Waals surface area contributed by atoms with E-state index in [-0.39, 0.29) is 5.91 Å². The van der Waals surface area contributed by atoms with Gasteiger partial charge in [0, 0.05) is 24.9 Å². The lowest BCUT2D eigenvalue weighted by atomic mass is 10.1.